The molecule has 0 saturated carbocycles. The van der Waals surface area contributed by atoms with Gasteiger partial charge in [0.2, 0.25) is 0 Å². The van der Waals surface area contributed by atoms with Crippen molar-refractivity contribution in [2.45, 2.75) is 6.04 Å². The van der Waals surface area contributed by atoms with E-state index < -0.39 is 17.5 Å². The summed E-state index contributed by atoms with van der Waals surface area (Å²) < 4.78 is 40.2. The van der Waals surface area contributed by atoms with E-state index >= 15 is 0 Å². The lowest BCUT2D eigenvalue weighted by atomic mass is 10.0. The molecule has 0 saturated heterocycles. The number of rotatable bonds is 3. The number of hydrogen-bond donors (Lipinski definition) is 1. The summed E-state index contributed by atoms with van der Waals surface area (Å²) in [5.41, 5.74) is 0.344. The summed E-state index contributed by atoms with van der Waals surface area (Å²) in [6.07, 6.45) is 0. The maximum atomic E-state index is 13.2. The van der Waals surface area contributed by atoms with Crippen LogP contribution in [0.5, 0.6) is 0 Å². The molecule has 1 aromatic carbocycles. The fraction of sp³-hybridized carbons (Fsp3) is 0.167. The van der Waals surface area contributed by atoms with Crippen LogP contribution in [0.15, 0.2) is 28.1 Å². The molecule has 1 atom stereocenters. The van der Waals surface area contributed by atoms with Crippen LogP contribution in [0, 0.1) is 17.5 Å². The van der Waals surface area contributed by atoms with E-state index in [1.54, 1.807) is 7.05 Å². The molecular formula is C12H9BrF3NS. The molecule has 0 fully saturated rings. The Morgan fingerprint density at radius 3 is 2.28 bits per heavy atom. The van der Waals surface area contributed by atoms with Gasteiger partial charge >= 0.3 is 0 Å². The summed E-state index contributed by atoms with van der Waals surface area (Å²) in [5, 5.41) is 4.82. The van der Waals surface area contributed by atoms with Gasteiger partial charge in [-0.1, -0.05) is 0 Å². The predicted molar refractivity (Wildman–Crippen MR) is 69.2 cm³/mol. The van der Waals surface area contributed by atoms with Gasteiger partial charge in [0.15, 0.2) is 17.5 Å². The Kier molecular flexibility index (Phi) is 4.09. The van der Waals surface area contributed by atoms with Gasteiger partial charge in [0.25, 0.3) is 0 Å². The third-order valence-corrected chi connectivity index (χ3v) is 4.47. The minimum Gasteiger partial charge on any atom is -0.309 e. The Morgan fingerprint density at radius 2 is 1.83 bits per heavy atom. The summed E-state index contributed by atoms with van der Waals surface area (Å²) in [5.74, 6) is -3.81. The quantitative estimate of drug-likeness (QED) is 0.827. The number of benzene rings is 1. The molecule has 96 valence electrons. The van der Waals surface area contributed by atoms with E-state index in [1.165, 1.54) is 11.3 Å². The smallest absolute Gasteiger partial charge is 0.194 e. The molecule has 0 aliphatic heterocycles. The number of hydrogen-bond acceptors (Lipinski definition) is 2. The molecule has 2 rings (SSSR count). The Hall–Kier alpha value is -0.850. The molecule has 1 aromatic heterocycles. The molecule has 0 aliphatic carbocycles. The monoisotopic (exact) mass is 335 g/mol. The molecule has 0 bridgehead atoms. The van der Waals surface area contributed by atoms with Crippen LogP contribution in [-0.4, -0.2) is 7.05 Å². The topological polar surface area (TPSA) is 12.0 Å². The standard InChI is InChI=1S/C12H9BrF3NS/c1-17-11(12-7(13)2-3-18-12)6-4-8(14)10(16)9(15)5-6/h2-5,11,17H,1H3. The van der Waals surface area contributed by atoms with Crippen molar-refractivity contribution in [1.82, 2.24) is 5.32 Å². The third-order valence-electron chi connectivity index (χ3n) is 2.54. The second kappa shape index (κ2) is 5.42. The maximum absolute atomic E-state index is 13.2. The van der Waals surface area contributed by atoms with Gasteiger partial charge in [-0.25, -0.2) is 13.2 Å². The molecule has 0 aliphatic rings. The van der Waals surface area contributed by atoms with E-state index in [9.17, 15) is 13.2 Å². The number of nitrogens with one attached hydrogen (secondary N) is 1. The zero-order chi connectivity index (χ0) is 13.3. The molecular weight excluding hydrogens is 327 g/mol. The summed E-state index contributed by atoms with van der Waals surface area (Å²) >= 11 is 4.81. The fourth-order valence-corrected chi connectivity index (χ4v) is 3.44. The Bertz CT molecular complexity index is 547. The predicted octanol–water partition coefficient (Wildman–Crippen LogP) is 4.24. The molecule has 1 N–H and O–H groups in total. The van der Waals surface area contributed by atoms with Crippen molar-refractivity contribution in [3.63, 3.8) is 0 Å². The van der Waals surface area contributed by atoms with Crippen molar-refractivity contribution in [3.05, 3.63) is 55.9 Å². The normalized spacial score (nSPS) is 12.7. The van der Waals surface area contributed by atoms with E-state index in [0.29, 0.717) is 5.56 Å². The lowest BCUT2D eigenvalue weighted by Gasteiger charge is -2.16. The first-order valence-corrected chi connectivity index (χ1v) is 6.76. The average Bonchev–Trinajstić information content (AvgIpc) is 2.74. The van der Waals surface area contributed by atoms with Gasteiger partial charge in [-0.15, -0.1) is 11.3 Å². The molecule has 0 amide bonds. The van der Waals surface area contributed by atoms with Gasteiger partial charge in [0, 0.05) is 9.35 Å². The van der Waals surface area contributed by atoms with E-state index in [0.717, 1.165) is 21.5 Å². The van der Waals surface area contributed by atoms with Crippen molar-refractivity contribution in [2.75, 3.05) is 7.05 Å². The van der Waals surface area contributed by atoms with Crippen molar-refractivity contribution in [3.8, 4) is 0 Å². The van der Waals surface area contributed by atoms with Gasteiger partial charge in [0.1, 0.15) is 0 Å². The van der Waals surface area contributed by atoms with Crippen molar-refractivity contribution in [2.24, 2.45) is 0 Å². The van der Waals surface area contributed by atoms with E-state index in [4.69, 9.17) is 0 Å². The van der Waals surface area contributed by atoms with Crippen LogP contribution in [0.3, 0.4) is 0 Å². The van der Waals surface area contributed by atoms with Gasteiger partial charge in [-0.3, -0.25) is 0 Å². The van der Waals surface area contributed by atoms with Gasteiger partial charge in [-0.05, 0) is 52.1 Å². The first kappa shape index (κ1) is 13.6. The highest BCUT2D eigenvalue weighted by atomic mass is 79.9. The third kappa shape index (κ3) is 2.46. The Balaban J connectivity index is 2.49. The minimum absolute atomic E-state index is 0.344. The summed E-state index contributed by atoms with van der Waals surface area (Å²) in [6, 6.07) is 3.47. The fourth-order valence-electron chi connectivity index (χ4n) is 1.70. The van der Waals surface area contributed by atoms with Crippen LogP contribution in [0.2, 0.25) is 0 Å². The maximum Gasteiger partial charge on any atom is 0.194 e. The van der Waals surface area contributed by atoms with E-state index in [2.05, 4.69) is 21.2 Å². The van der Waals surface area contributed by atoms with Crippen molar-refractivity contribution < 1.29 is 13.2 Å². The lowest BCUT2D eigenvalue weighted by molar-refractivity contribution is 0.443. The molecule has 0 radical (unpaired) electrons. The average molecular weight is 336 g/mol. The van der Waals surface area contributed by atoms with Gasteiger partial charge in [0.05, 0.1) is 6.04 Å². The summed E-state index contributed by atoms with van der Waals surface area (Å²) in [7, 11) is 1.68. The second-order valence-corrected chi connectivity index (χ2v) is 5.46. The van der Waals surface area contributed by atoms with Gasteiger partial charge < -0.3 is 5.32 Å². The zero-order valence-corrected chi connectivity index (χ0v) is 11.7. The van der Waals surface area contributed by atoms with Crippen LogP contribution in [0.4, 0.5) is 13.2 Å². The molecule has 2 aromatic rings. The molecule has 1 heterocycles. The van der Waals surface area contributed by atoms with Gasteiger partial charge in [-0.2, -0.15) is 0 Å². The first-order chi connectivity index (χ1) is 8.54. The van der Waals surface area contributed by atoms with Crippen molar-refractivity contribution >= 4 is 27.3 Å². The van der Waals surface area contributed by atoms with Crippen molar-refractivity contribution in [1.29, 1.82) is 0 Å². The minimum atomic E-state index is -1.45. The highest BCUT2D eigenvalue weighted by Gasteiger charge is 2.20. The second-order valence-electron chi connectivity index (χ2n) is 3.65. The molecule has 1 nitrogen and oxygen atoms in total. The highest BCUT2D eigenvalue weighted by molar-refractivity contribution is 9.10. The molecule has 6 heteroatoms. The van der Waals surface area contributed by atoms with Crippen LogP contribution in [0.1, 0.15) is 16.5 Å². The van der Waals surface area contributed by atoms with E-state index in [1.807, 2.05) is 11.4 Å². The largest absolute Gasteiger partial charge is 0.309 e. The van der Waals surface area contributed by atoms with Crippen LogP contribution in [-0.2, 0) is 0 Å². The molecule has 1 unspecified atom stereocenters. The number of halogens is 4. The highest BCUT2D eigenvalue weighted by Crippen LogP contribution is 2.33. The Morgan fingerprint density at radius 1 is 1.22 bits per heavy atom. The summed E-state index contributed by atoms with van der Waals surface area (Å²) in [6.45, 7) is 0. The lowest BCUT2D eigenvalue weighted by Crippen LogP contribution is -2.17. The Labute approximate surface area is 115 Å². The first-order valence-electron chi connectivity index (χ1n) is 5.09. The number of thiophene rings is 1. The van der Waals surface area contributed by atoms with Crippen LogP contribution < -0.4 is 5.32 Å². The summed E-state index contributed by atoms with van der Waals surface area (Å²) in [4.78, 5) is 0.878. The molecule has 18 heavy (non-hydrogen) atoms. The van der Waals surface area contributed by atoms with Crippen LogP contribution in [0.25, 0.3) is 0 Å². The zero-order valence-electron chi connectivity index (χ0n) is 9.31. The molecule has 0 spiro atoms. The SMILES string of the molecule is CNC(c1cc(F)c(F)c(F)c1)c1sccc1Br. The van der Waals surface area contributed by atoms with Crippen LogP contribution >= 0.6 is 27.3 Å². The van der Waals surface area contributed by atoms with E-state index in [-0.39, 0.29) is 6.04 Å².